The van der Waals surface area contributed by atoms with Crippen LogP contribution in [-0.2, 0) is 9.53 Å². The number of halogens is 1. The molecule has 6 heteroatoms. The molecule has 1 fully saturated rings. The molecule has 0 spiro atoms. The Hall–Kier alpha value is -1.75. The van der Waals surface area contributed by atoms with Gasteiger partial charge in [-0.3, -0.25) is 4.79 Å². The summed E-state index contributed by atoms with van der Waals surface area (Å²) in [4.78, 5) is 26.2. The van der Waals surface area contributed by atoms with Gasteiger partial charge in [-0.1, -0.05) is 37.6 Å². The van der Waals surface area contributed by atoms with Gasteiger partial charge in [0.05, 0.1) is 12.5 Å². The predicted octanol–water partition coefficient (Wildman–Crippen LogP) is 3.82. The third-order valence-electron chi connectivity index (χ3n) is 4.55. The van der Waals surface area contributed by atoms with Crippen LogP contribution in [0, 0.1) is 5.92 Å². The first-order chi connectivity index (χ1) is 11.9. The molecule has 1 heterocycles. The molecular weight excluding hydrogens is 340 g/mol. The number of amides is 2. The Morgan fingerprint density at radius 2 is 1.84 bits per heavy atom. The average molecular weight is 367 g/mol. The molecule has 1 atom stereocenters. The quantitative estimate of drug-likeness (QED) is 0.861. The first-order valence-electron chi connectivity index (χ1n) is 8.90. The van der Waals surface area contributed by atoms with Crippen molar-refractivity contribution in [3.63, 3.8) is 0 Å². The van der Waals surface area contributed by atoms with Gasteiger partial charge in [-0.25, -0.2) is 4.79 Å². The Balaban J connectivity index is 1.94. The van der Waals surface area contributed by atoms with Crippen molar-refractivity contribution in [3.05, 3.63) is 34.9 Å². The first kappa shape index (κ1) is 19.6. The second kappa shape index (κ2) is 9.09. The van der Waals surface area contributed by atoms with Crippen LogP contribution in [0.15, 0.2) is 24.3 Å². The summed E-state index contributed by atoms with van der Waals surface area (Å²) in [7, 11) is 0. The van der Waals surface area contributed by atoms with Crippen LogP contribution >= 0.6 is 11.6 Å². The fourth-order valence-corrected chi connectivity index (χ4v) is 3.35. The maximum absolute atomic E-state index is 12.8. The van der Waals surface area contributed by atoms with Gasteiger partial charge in [0.1, 0.15) is 0 Å². The van der Waals surface area contributed by atoms with Crippen LogP contribution in [0.1, 0.15) is 45.1 Å². The van der Waals surface area contributed by atoms with Crippen LogP contribution in [0.25, 0.3) is 0 Å². The van der Waals surface area contributed by atoms with Gasteiger partial charge in [-0.15, -0.1) is 0 Å². The molecule has 0 radical (unpaired) electrons. The number of hydrogen-bond donors (Lipinski definition) is 1. The molecule has 0 bridgehead atoms. The number of rotatable bonds is 5. The number of piperidine rings is 1. The van der Waals surface area contributed by atoms with Gasteiger partial charge < -0.3 is 15.0 Å². The Labute approximate surface area is 154 Å². The third kappa shape index (κ3) is 5.36. The minimum absolute atomic E-state index is 0.0342. The summed E-state index contributed by atoms with van der Waals surface area (Å²) in [6, 6.07) is 7.55. The van der Waals surface area contributed by atoms with Gasteiger partial charge in [-0.05, 0) is 43.4 Å². The highest BCUT2D eigenvalue weighted by atomic mass is 35.5. The highest BCUT2D eigenvalue weighted by Crippen LogP contribution is 2.26. The summed E-state index contributed by atoms with van der Waals surface area (Å²) in [5, 5.41) is 3.82. The van der Waals surface area contributed by atoms with E-state index in [9.17, 15) is 9.59 Å². The Kier molecular flexibility index (Phi) is 7.12. The maximum atomic E-state index is 12.8. The zero-order valence-corrected chi connectivity index (χ0v) is 15.9. The van der Waals surface area contributed by atoms with Crippen LogP contribution in [0.5, 0.6) is 0 Å². The minimum atomic E-state index is -0.270. The molecule has 1 aromatic carbocycles. The van der Waals surface area contributed by atoms with E-state index in [1.807, 2.05) is 38.1 Å². The van der Waals surface area contributed by atoms with E-state index in [0.717, 1.165) is 18.4 Å². The predicted molar refractivity (Wildman–Crippen MR) is 98.8 cm³/mol. The molecular formula is C19H27ClN2O3. The standard InChI is InChI=1S/C19H27ClN2O3/c1-4-25-19(24)22-11-9-16(10-12-22)21-18(23)17(13(2)3)14-5-7-15(20)8-6-14/h5-8,13,16-17H,4,9-12H2,1-3H3,(H,21,23)/t17-/m1/s1. The van der Waals surface area contributed by atoms with Gasteiger partial charge in [0.25, 0.3) is 0 Å². The van der Waals surface area contributed by atoms with Gasteiger partial charge in [0, 0.05) is 24.2 Å². The lowest BCUT2D eigenvalue weighted by molar-refractivity contribution is -0.124. The molecule has 1 aliphatic rings. The van der Waals surface area contributed by atoms with E-state index in [-0.39, 0.29) is 29.9 Å². The summed E-state index contributed by atoms with van der Waals surface area (Å²) < 4.78 is 5.02. The number of ether oxygens (including phenoxy) is 1. The molecule has 0 aliphatic carbocycles. The lowest BCUT2D eigenvalue weighted by atomic mass is 9.87. The third-order valence-corrected chi connectivity index (χ3v) is 4.80. The van der Waals surface area contributed by atoms with Crippen molar-refractivity contribution >= 4 is 23.6 Å². The van der Waals surface area contributed by atoms with Crippen LogP contribution in [0.4, 0.5) is 4.79 Å². The minimum Gasteiger partial charge on any atom is -0.450 e. The Morgan fingerprint density at radius 1 is 1.24 bits per heavy atom. The normalized spacial score (nSPS) is 16.6. The summed E-state index contributed by atoms with van der Waals surface area (Å²) >= 11 is 5.95. The van der Waals surface area contributed by atoms with Crippen molar-refractivity contribution < 1.29 is 14.3 Å². The Bertz CT molecular complexity index is 581. The first-order valence-corrected chi connectivity index (χ1v) is 9.27. The molecule has 2 amide bonds. The lowest BCUT2D eigenvalue weighted by Gasteiger charge is -2.33. The highest BCUT2D eigenvalue weighted by Gasteiger charge is 2.29. The second-order valence-electron chi connectivity index (χ2n) is 6.74. The molecule has 0 aromatic heterocycles. The highest BCUT2D eigenvalue weighted by molar-refractivity contribution is 6.30. The van der Waals surface area contributed by atoms with E-state index < -0.39 is 0 Å². The van der Waals surface area contributed by atoms with Crippen molar-refractivity contribution in [3.8, 4) is 0 Å². The molecule has 1 aliphatic heterocycles. The van der Waals surface area contributed by atoms with E-state index >= 15 is 0 Å². The molecule has 1 aromatic rings. The number of benzene rings is 1. The summed E-state index contributed by atoms with van der Waals surface area (Å²) in [6.45, 7) is 7.49. The molecule has 25 heavy (non-hydrogen) atoms. The zero-order chi connectivity index (χ0) is 18.4. The van der Waals surface area contributed by atoms with Gasteiger partial charge in [0.2, 0.25) is 5.91 Å². The SMILES string of the molecule is CCOC(=O)N1CCC(NC(=O)[C@@H](c2ccc(Cl)cc2)C(C)C)CC1. The maximum Gasteiger partial charge on any atom is 0.409 e. The number of nitrogens with zero attached hydrogens (tertiary/aromatic N) is 1. The molecule has 0 unspecified atom stereocenters. The van der Waals surface area contributed by atoms with Crippen molar-refractivity contribution in [2.45, 2.75) is 45.6 Å². The molecule has 1 N–H and O–H groups in total. The van der Waals surface area contributed by atoms with E-state index in [1.54, 1.807) is 11.8 Å². The number of nitrogens with one attached hydrogen (secondary N) is 1. The van der Waals surface area contributed by atoms with Crippen LogP contribution < -0.4 is 5.32 Å². The van der Waals surface area contributed by atoms with E-state index in [0.29, 0.717) is 24.7 Å². The summed E-state index contributed by atoms with van der Waals surface area (Å²) in [5.41, 5.74) is 0.973. The second-order valence-corrected chi connectivity index (χ2v) is 7.18. The van der Waals surface area contributed by atoms with Crippen LogP contribution in [0.3, 0.4) is 0 Å². The number of carbonyl (C=O) groups excluding carboxylic acids is 2. The van der Waals surface area contributed by atoms with Crippen molar-refractivity contribution in [1.82, 2.24) is 10.2 Å². The topological polar surface area (TPSA) is 58.6 Å². The van der Waals surface area contributed by atoms with Gasteiger partial charge in [0.15, 0.2) is 0 Å². The van der Waals surface area contributed by atoms with Crippen LogP contribution in [-0.4, -0.2) is 42.6 Å². The molecule has 138 valence electrons. The number of carbonyl (C=O) groups is 2. The molecule has 1 saturated heterocycles. The summed E-state index contributed by atoms with van der Waals surface area (Å²) in [5.74, 6) is 0.00746. The Morgan fingerprint density at radius 3 is 2.36 bits per heavy atom. The fraction of sp³-hybridized carbons (Fsp3) is 0.579. The van der Waals surface area contributed by atoms with Crippen LogP contribution in [0.2, 0.25) is 5.02 Å². The number of likely N-dealkylation sites (tertiary alicyclic amines) is 1. The average Bonchev–Trinajstić information content (AvgIpc) is 2.57. The molecule has 2 rings (SSSR count). The number of hydrogen-bond acceptors (Lipinski definition) is 3. The van der Waals surface area contributed by atoms with Gasteiger partial charge >= 0.3 is 6.09 Å². The fourth-order valence-electron chi connectivity index (χ4n) is 3.22. The molecule has 0 saturated carbocycles. The molecule has 5 nitrogen and oxygen atoms in total. The van der Waals surface area contributed by atoms with E-state index in [1.165, 1.54) is 0 Å². The van der Waals surface area contributed by atoms with Crippen molar-refractivity contribution in [1.29, 1.82) is 0 Å². The summed E-state index contributed by atoms with van der Waals surface area (Å²) in [6.07, 6.45) is 1.22. The van der Waals surface area contributed by atoms with E-state index in [4.69, 9.17) is 16.3 Å². The van der Waals surface area contributed by atoms with Crippen molar-refractivity contribution in [2.24, 2.45) is 5.92 Å². The smallest absolute Gasteiger partial charge is 0.409 e. The van der Waals surface area contributed by atoms with E-state index in [2.05, 4.69) is 5.32 Å². The van der Waals surface area contributed by atoms with Gasteiger partial charge in [-0.2, -0.15) is 0 Å². The lowest BCUT2D eigenvalue weighted by Crippen LogP contribution is -2.48. The monoisotopic (exact) mass is 366 g/mol. The van der Waals surface area contributed by atoms with Crippen molar-refractivity contribution in [2.75, 3.05) is 19.7 Å². The largest absolute Gasteiger partial charge is 0.450 e. The zero-order valence-electron chi connectivity index (χ0n) is 15.1.